The molecule has 1 atom stereocenters. The molecule has 27 heavy (non-hydrogen) atoms. The zero-order valence-corrected chi connectivity index (χ0v) is 18.7. The van der Waals surface area contributed by atoms with Gasteiger partial charge in [-0.05, 0) is 37.0 Å². The molecule has 0 saturated carbocycles. The SMILES string of the molecule is C/C=C\C=C1\C(C(=O)CBr)=C(OCC2=CCCC=C2)C=CC1C.C=C.CC. The number of rotatable bonds is 6. The van der Waals surface area contributed by atoms with E-state index in [2.05, 4.69) is 60.3 Å². The maximum atomic E-state index is 12.4. The summed E-state index contributed by atoms with van der Waals surface area (Å²) in [6.45, 7) is 14.6. The van der Waals surface area contributed by atoms with E-state index in [1.165, 1.54) is 5.57 Å². The van der Waals surface area contributed by atoms with Crippen LogP contribution in [0.2, 0.25) is 0 Å². The van der Waals surface area contributed by atoms with Gasteiger partial charge in [-0.3, -0.25) is 4.79 Å². The van der Waals surface area contributed by atoms with Gasteiger partial charge in [0.2, 0.25) is 0 Å². The van der Waals surface area contributed by atoms with E-state index in [4.69, 9.17) is 4.74 Å². The summed E-state index contributed by atoms with van der Waals surface area (Å²) in [4.78, 5) is 12.4. The van der Waals surface area contributed by atoms with Gasteiger partial charge in [0.15, 0.2) is 5.78 Å². The van der Waals surface area contributed by atoms with Crippen molar-refractivity contribution in [3.63, 3.8) is 0 Å². The predicted molar refractivity (Wildman–Crippen MR) is 122 cm³/mol. The number of ketones is 1. The molecule has 2 aliphatic rings. The lowest BCUT2D eigenvalue weighted by Crippen LogP contribution is -2.17. The van der Waals surface area contributed by atoms with Gasteiger partial charge in [-0.25, -0.2) is 0 Å². The second-order valence-electron chi connectivity index (χ2n) is 5.64. The summed E-state index contributed by atoms with van der Waals surface area (Å²) < 4.78 is 5.98. The number of hydrogen-bond acceptors (Lipinski definition) is 2. The summed E-state index contributed by atoms with van der Waals surface area (Å²) in [6.07, 6.45) is 18.6. The predicted octanol–water partition coefficient (Wildman–Crippen LogP) is 7.03. The molecule has 0 aromatic rings. The molecule has 0 aromatic carbocycles. The molecule has 0 aromatic heterocycles. The number of allylic oxidation sites excluding steroid dienone is 9. The summed E-state index contributed by atoms with van der Waals surface area (Å²) in [6, 6.07) is 0. The van der Waals surface area contributed by atoms with Crippen LogP contribution >= 0.6 is 15.9 Å². The summed E-state index contributed by atoms with van der Waals surface area (Å²) in [7, 11) is 0. The smallest absolute Gasteiger partial charge is 0.177 e. The molecule has 2 rings (SSSR count). The number of carbonyl (C=O) groups excluding carboxylic acids is 1. The fourth-order valence-electron chi connectivity index (χ4n) is 2.64. The van der Waals surface area contributed by atoms with Gasteiger partial charge in [0.1, 0.15) is 12.4 Å². The third-order valence-electron chi connectivity index (χ3n) is 3.90. The normalized spacial score (nSPS) is 19.8. The Morgan fingerprint density at radius 2 is 2.00 bits per heavy atom. The first-order chi connectivity index (χ1) is 13.2. The van der Waals surface area contributed by atoms with E-state index in [0.29, 0.717) is 23.3 Å². The molecule has 0 fully saturated rings. The van der Waals surface area contributed by atoms with E-state index < -0.39 is 0 Å². The zero-order valence-electron chi connectivity index (χ0n) is 17.1. The van der Waals surface area contributed by atoms with Crippen LogP contribution in [0.1, 0.15) is 40.5 Å². The molecule has 2 aliphatic carbocycles. The third-order valence-corrected chi connectivity index (χ3v) is 4.41. The quantitative estimate of drug-likeness (QED) is 0.332. The van der Waals surface area contributed by atoms with Crippen LogP contribution in [0.15, 0.2) is 84.2 Å². The fourth-order valence-corrected chi connectivity index (χ4v) is 2.93. The summed E-state index contributed by atoms with van der Waals surface area (Å²) in [5.74, 6) is 0.925. The minimum Gasteiger partial charge on any atom is -0.488 e. The van der Waals surface area contributed by atoms with Gasteiger partial charge >= 0.3 is 0 Å². The first-order valence-corrected chi connectivity index (χ1v) is 10.6. The van der Waals surface area contributed by atoms with Gasteiger partial charge in [-0.15, -0.1) is 13.2 Å². The Kier molecular flexibility index (Phi) is 14.2. The standard InChI is InChI=1S/C20H23BrO2.C2H6.C2H4/c1-3-4-10-17-15(2)11-12-19(20(17)18(22)13-21)23-14-16-8-6-5-7-9-16;2*1-2/h3-4,6,8-12,15H,5,7,13-14H2,1-2H3;1-2H3;1-2H2/b4-3-,17-10+;;. The second kappa shape index (κ2) is 15.2. The van der Waals surface area contributed by atoms with Crippen molar-refractivity contribution in [2.45, 2.75) is 40.5 Å². The van der Waals surface area contributed by atoms with Gasteiger partial charge < -0.3 is 4.74 Å². The molecule has 0 N–H and O–H groups in total. The number of halogens is 1. The van der Waals surface area contributed by atoms with Crippen LogP contribution < -0.4 is 0 Å². The topological polar surface area (TPSA) is 26.3 Å². The lowest BCUT2D eigenvalue weighted by atomic mass is 9.86. The molecule has 0 amide bonds. The van der Waals surface area contributed by atoms with Crippen LogP contribution in [0.3, 0.4) is 0 Å². The van der Waals surface area contributed by atoms with Gasteiger partial charge in [-0.1, -0.05) is 79.2 Å². The average molecular weight is 433 g/mol. The highest BCUT2D eigenvalue weighted by Crippen LogP contribution is 2.31. The lowest BCUT2D eigenvalue weighted by Gasteiger charge is -2.23. The summed E-state index contributed by atoms with van der Waals surface area (Å²) in [5.41, 5.74) is 2.87. The largest absolute Gasteiger partial charge is 0.488 e. The van der Waals surface area contributed by atoms with Crippen molar-refractivity contribution in [3.05, 3.63) is 84.2 Å². The molecule has 0 saturated heterocycles. The van der Waals surface area contributed by atoms with E-state index in [-0.39, 0.29) is 11.7 Å². The van der Waals surface area contributed by atoms with Crippen molar-refractivity contribution >= 4 is 21.7 Å². The average Bonchev–Trinajstić information content (AvgIpc) is 2.74. The van der Waals surface area contributed by atoms with Gasteiger partial charge in [0.25, 0.3) is 0 Å². The van der Waals surface area contributed by atoms with Crippen molar-refractivity contribution < 1.29 is 9.53 Å². The van der Waals surface area contributed by atoms with Crippen molar-refractivity contribution in [2.75, 3.05) is 11.9 Å². The molecule has 0 aliphatic heterocycles. The Balaban J connectivity index is 0.00000158. The summed E-state index contributed by atoms with van der Waals surface area (Å²) >= 11 is 3.29. The van der Waals surface area contributed by atoms with E-state index in [1.54, 1.807) is 0 Å². The van der Waals surface area contributed by atoms with E-state index >= 15 is 0 Å². The van der Waals surface area contributed by atoms with Crippen molar-refractivity contribution in [3.8, 4) is 0 Å². The fraction of sp³-hybridized carbons (Fsp3) is 0.375. The van der Waals surface area contributed by atoms with Crippen LogP contribution in [0.5, 0.6) is 0 Å². The minimum atomic E-state index is 0.0557. The molecule has 0 radical (unpaired) electrons. The molecule has 148 valence electrons. The lowest BCUT2D eigenvalue weighted by molar-refractivity contribution is -0.113. The summed E-state index contributed by atoms with van der Waals surface area (Å²) in [5, 5.41) is 0.297. The first-order valence-electron chi connectivity index (χ1n) is 9.50. The monoisotopic (exact) mass is 432 g/mol. The number of ether oxygens (including phenoxy) is 1. The molecule has 3 heteroatoms. The van der Waals surface area contributed by atoms with Crippen LogP contribution in [0.4, 0.5) is 0 Å². The molecule has 0 heterocycles. The number of Topliss-reactive ketones (excluding diaryl/α,β-unsaturated/α-hetero) is 1. The molecule has 2 nitrogen and oxygen atoms in total. The van der Waals surface area contributed by atoms with Crippen molar-refractivity contribution in [1.29, 1.82) is 0 Å². The highest BCUT2D eigenvalue weighted by atomic mass is 79.9. The van der Waals surface area contributed by atoms with Crippen LogP contribution in [0, 0.1) is 5.92 Å². The third kappa shape index (κ3) is 8.13. The number of alkyl halides is 1. The van der Waals surface area contributed by atoms with E-state index in [1.807, 2.05) is 45.1 Å². The van der Waals surface area contributed by atoms with E-state index in [9.17, 15) is 4.79 Å². The maximum Gasteiger partial charge on any atom is 0.177 e. The van der Waals surface area contributed by atoms with Crippen molar-refractivity contribution in [2.24, 2.45) is 5.92 Å². The molecular weight excluding hydrogens is 400 g/mol. The van der Waals surface area contributed by atoms with Crippen LogP contribution in [-0.4, -0.2) is 17.7 Å². The maximum absolute atomic E-state index is 12.4. The Morgan fingerprint density at radius 1 is 1.30 bits per heavy atom. The van der Waals surface area contributed by atoms with E-state index in [0.717, 1.165) is 18.4 Å². The van der Waals surface area contributed by atoms with Gasteiger partial charge in [0.05, 0.1) is 10.9 Å². The molecular formula is C24H33BrO2. The zero-order chi connectivity index (χ0) is 20.7. The van der Waals surface area contributed by atoms with Crippen LogP contribution in [-0.2, 0) is 9.53 Å². The van der Waals surface area contributed by atoms with Crippen LogP contribution in [0.25, 0.3) is 0 Å². The molecule has 1 unspecified atom stereocenters. The highest BCUT2D eigenvalue weighted by Gasteiger charge is 2.25. The Morgan fingerprint density at radius 3 is 2.56 bits per heavy atom. The minimum absolute atomic E-state index is 0.0557. The van der Waals surface area contributed by atoms with Gasteiger partial charge in [-0.2, -0.15) is 0 Å². The highest BCUT2D eigenvalue weighted by molar-refractivity contribution is 9.09. The second-order valence-corrected chi connectivity index (χ2v) is 6.20. The number of hydrogen-bond donors (Lipinski definition) is 0. The Hall–Kier alpha value is -1.87. The van der Waals surface area contributed by atoms with Crippen molar-refractivity contribution in [1.82, 2.24) is 0 Å². The number of carbonyl (C=O) groups is 1. The first kappa shape index (κ1) is 25.1. The molecule has 0 bridgehead atoms. The Labute approximate surface area is 173 Å². The van der Waals surface area contributed by atoms with Gasteiger partial charge in [0, 0.05) is 5.92 Å². The molecule has 0 spiro atoms. The Bertz CT molecular complexity index is 645.